The Kier molecular flexibility index (Phi) is 8.45. The topological polar surface area (TPSA) is 119 Å². The Morgan fingerprint density at radius 3 is 2.22 bits per heavy atom. The normalized spacial score (nSPS) is 17.8. The van der Waals surface area contributed by atoms with Crippen LogP contribution in [-0.4, -0.2) is 73.7 Å². The Morgan fingerprint density at radius 1 is 1.06 bits per heavy atom. The van der Waals surface area contributed by atoms with E-state index in [1.807, 2.05) is 0 Å². The van der Waals surface area contributed by atoms with Crippen molar-refractivity contribution in [3.05, 3.63) is 51.4 Å². The fourth-order valence-corrected chi connectivity index (χ4v) is 5.76. The van der Waals surface area contributed by atoms with Crippen molar-refractivity contribution in [3.63, 3.8) is 0 Å². The lowest BCUT2D eigenvalue weighted by molar-refractivity contribution is 0.235. The van der Waals surface area contributed by atoms with Crippen molar-refractivity contribution in [3.8, 4) is 5.69 Å². The third-order valence-corrected chi connectivity index (χ3v) is 9.92. The average Bonchev–Trinajstić information content (AvgIpc) is 2.78. The summed E-state index contributed by atoms with van der Waals surface area (Å²) in [6.07, 6.45) is 1.20. The predicted molar refractivity (Wildman–Crippen MR) is 132 cm³/mol. The third kappa shape index (κ3) is 5.88. The van der Waals surface area contributed by atoms with E-state index in [4.69, 9.17) is 15.8 Å². The SMILES string of the molecule is CC(C)S(=O)(=O)OCC1CN(S(=O)(=O)C(C)C)CCN1c1cnn(-c2cc(F)cc(F)c2)c(=O)c1Cl. The summed E-state index contributed by atoms with van der Waals surface area (Å²) in [6, 6.07) is 1.64. The van der Waals surface area contributed by atoms with Crippen molar-refractivity contribution < 1.29 is 29.8 Å². The molecular formula is C21H27ClF2N4O6S2. The van der Waals surface area contributed by atoms with Gasteiger partial charge in [-0.1, -0.05) is 11.6 Å². The summed E-state index contributed by atoms with van der Waals surface area (Å²) in [5.74, 6) is -1.82. The third-order valence-electron chi connectivity index (χ3n) is 5.70. The standard InChI is InChI=1S/C21H27ClF2N4O6S2/c1-13(2)35(30,31)26-5-6-27(18(11-26)12-34-36(32,33)14(3)4)19-10-25-28(21(29)20(19)22)17-8-15(23)7-16(24)9-17/h7-10,13-14,18H,5-6,11-12H2,1-4H3. The van der Waals surface area contributed by atoms with Crippen LogP contribution in [0.5, 0.6) is 0 Å². The number of anilines is 1. The van der Waals surface area contributed by atoms with E-state index in [1.165, 1.54) is 38.2 Å². The molecule has 1 unspecified atom stereocenters. The van der Waals surface area contributed by atoms with Crippen LogP contribution in [0.15, 0.2) is 29.2 Å². The van der Waals surface area contributed by atoms with Crippen molar-refractivity contribution in [2.45, 2.75) is 44.2 Å². The molecule has 1 saturated heterocycles. The Morgan fingerprint density at radius 2 is 1.67 bits per heavy atom. The second-order valence-corrected chi connectivity index (χ2v) is 13.8. The molecule has 1 aliphatic heterocycles. The monoisotopic (exact) mass is 568 g/mol. The number of nitrogens with zero attached hydrogens (tertiary/aromatic N) is 4. The van der Waals surface area contributed by atoms with E-state index in [9.17, 15) is 30.4 Å². The van der Waals surface area contributed by atoms with Gasteiger partial charge in [-0.15, -0.1) is 0 Å². The fourth-order valence-electron chi connectivity index (χ4n) is 3.60. The van der Waals surface area contributed by atoms with Gasteiger partial charge >= 0.3 is 0 Å². The zero-order valence-electron chi connectivity index (χ0n) is 20.1. The van der Waals surface area contributed by atoms with E-state index >= 15 is 0 Å². The molecule has 1 fully saturated rings. The zero-order chi connectivity index (χ0) is 27.0. The lowest BCUT2D eigenvalue weighted by Gasteiger charge is -2.42. The first kappa shape index (κ1) is 28.4. The summed E-state index contributed by atoms with van der Waals surface area (Å²) >= 11 is 6.35. The summed E-state index contributed by atoms with van der Waals surface area (Å²) in [6.45, 7) is 5.53. The van der Waals surface area contributed by atoms with Gasteiger partial charge in [0, 0.05) is 25.7 Å². The highest BCUT2D eigenvalue weighted by Gasteiger charge is 2.37. The van der Waals surface area contributed by atoms with Gasteiger partial charge in [-0.3, -0.25) is 8.98 Å². The van der Waals surface area contributed by atoms with Crippen molar-refractivity contribution >= 4 is 37.4 Å². The molecule has 0 aliphatic carbocycles. The van der Waals surface area contributed by atoms with Gasteiger partial charge in [0.25, 0.3) is 15.7 Å². The van der Waals surface area contributed by atoms with E-state index in [-0.39, 0.29) is 36.0 Å². The van der Waals surface area contributed by atoms with Gasteiger partial charge in [0.2, 0.25) is 10.0 Å². The summed E-state index contributed by atoms with van der Waals surface area (Å²) in [4.78, 5) is 14.5. The molecule has 0 amide bonds. The van der Waals surface area contributed by atoms with E-state index in [2.05, 4.69) is 5.10 Å². The summed E-state index contributed by atoms with van der Waals surface area (Å²) in [5, 5.41) is 2.12. The number of benzene rings is 1. The van der Waals surface area contributed by atoms with Crippen LogP contribution >= 0.6 is 11.6 Å². The van der Waals surface area contributed by atoms with E-state index < -0.39 is 60.5 Å². The number of aromatic nitrogens is 2. The van der Waals surface area contributed by atoms with E-state index in [0.29, 0.717) is 6.07 Å². The second-order valence-electron chi connectivity index (χ2n) is 8.81. The maximum atomic E-state index is 13.7. The Labute approximate surface area is 213 Å². The molecule has 0 radical (unpaired) electrons. The first-order chi connectivity index (χ1) is 16.6. The maximum Gasteiger partial charge on any atom is 0.292 e. The van der Waals surface area contributed by atoms with E-state index in [0.717, 1.165) is 16.8 Å². The molecule has 36 heavy (non-hydrogen) atoms. The smallest absolute Gasteiger partial charge is 0.292 e. The predicted octanol–water partition coefficient (Wildman–Crippen LogP) is 2.15. The number of rotatable bonds is 8. The minimum atomic E-state index is -3.92. The van der Waals surface area contributed by atoms with Crippen LogP contribution in [0.1, 0.15) is 27.7 Å². The number of halogens is 3. The molecule has 10 nitrogen and oxygen atoms in total. The van der Waals surface area contributed by atoms with Gasteiger partial charge in [0.05, 0.1) is 40.7 Å². The first-order valence-corrected chi connectivity index (χ1v) is 14.4. The molecule has 1 atom stereocenters. The van der Waals surface area contributed by atoms with Crippen molar-refractivity contribution in [2.24, 2.45) is 0 Å². The second kappa shape index (κ2) is 10.7. The Hall–Kier alpha value is -2.13. The molecule has 1 aromatic heterocycles. The minimum Gasteiger partial charge on any atom is -0.361 e. The van der Waals surface area contributed by atoms with Crippen molar-refractivity contribution in [1.29, 1.82) is 0 Å². The van der Waals surface area contributed by atoms with Crippen LogP contribution in [0.4, 0.5) is 14.5 Å². The largest absolute Gasteiger partial charge is 0.361 e. The molecule has 2 heterocycles. The van der Waals surface area contributed by atoms with Gasteiger partial charge in [0.15, 0.2) is 0 Å². The molecule has 2 aromatic rings. The zero-order valence-corrected chi connectivity index (χ0v) is 22.4. The van der Waals surface area contributed by atoms with Gasteiger partial charge in [-0.05, 0) is 39.8 Å². The molecule has 0 spiro atoms. The average molecular weight is 569 g/mol. The number of piperazine rings is 1. The van der Waals surface area contributed by atoms with Crippen LogP contribution in [-0.2, 0) is 24.3 Å². The summed E-state index contributed by atoms with van der Waals surface area (Å²) in [5.41, 5.74) is -0.945. The quantitative estimate of drug-likeness (QED) is 0.444. The Balaban J connectivity index is 2.00. The molecule has 0 saturated carbocycles. The lowest BCUT2D eigenvalue weighted by atomic mass is 10.2. The van der Waals surface area contributed by atoms with Gasteiger partial charge in [-0.2, -0.15) is 22.5 Å². The van der Waals surface area contributed by atoms with Crippen LogP contribution in [0.25, 0.3) is 5.69 Å². The Bertz CT molecular complexity index is 1380. The van der Waals surface area contributed by atoms with Crippen LogP contribution in [0.2, 0.25) is 5.02 Å². The summed E-state index contributed by atoms with van der Waals surface area (Å²) < 4.78 is 84.5. The number of hydrogen-bond acceptors (Lipinski definition) is 8. The lowest BCUT2D eigenvalue weighted by Crippen LogP contribution is -2.58. The highest BCUT2D eigenvalue weighted by Crippen LogP contribution is 2.28. The van der Waals surface area contributed by atoms with Gasteiger partial charge in [-0.25, -0.2) is 17.2 Å². The first-order valence-electron chi connectivity index (χ1n) is 11.0. The van der Waals surface area contributed by atoms with Gasteiger partial charge in [0.1, 0.15) is 16.7 Å². The summed E-state index contributed by atoms with van der Waals surface area (Å²) in [7, 11) is -7.58. The molecule has 200 valence electrons. The fraction of sp³-hybridized carbons (Fsp3) is 0.524. The highest BCUT2D eigenvalue weighted by molar-refractivity contribution is 7.89. The highest BCUT2D eigenvalue weighted by atomic mass is 35.5. The minimum absolute atomic E-state index is 0.0441. The molecule has 1 aromatic carbocycles. The molecule has 15 heteroatoms. The van der Waals surface area contributed by atoms with Crippen LogP contribution in [0, 0.1) is 11.6 Å². The van der Waals surface area contributed by atoms with Crippen LogP contribution in [0.3, 0.4) is 0 Å². The van der Waals surface area contributed by atoms with Gasteiger partial charge < -0.3 is 4.90 Å². The molecule has 1 aliphatic rings. The number of hydrogen-bond donors (Lipinski definition) is 0. The van der Waals surface area contributed by atoms with Crippen molar-refractivity contribution in [2.75, 3.05) is 31.1 Å². The molecule has 3 rings (SSSR count). The molecular weight excluding hydrogens is 542 g/mol. The molecule has 0 bridgehead atoms. The van der Waals surface area contributed by atoms with Crippen LogP contribution < -0.4 is 10.5 Å². The molecule has 0 N–H and O–H groups in total. The maximum absolute atomic E-state index is 13.7. The number of sulfonamides is 1. The van der Waals surface area contributed by atoms with Crippen molar-refractivity contribution in [1.82, 2.24) is 14.1 Å². The van der Waals surface area contributed by atoms with E-state index in [1.54, 1.807) is 4.90 Å².